The number of likely N-dealkylation sites (tertiary alicyclic amines) is 1. The van der Waals surface area contributed by atoms with E-state index in [1.807, 2.05) is 35.9 Å². The Kier molecular flexibility index (Phi) is 6.31. The molecule has 0 radical (unpaired) electrons. The van der Waals surface area contributed by atoms with Gasteiger partial charge in [-0.05, 0) is 32.4 Å². The standard InChI is InChI=1S/C20H31N5O2/c1-15(2)25-13-17(11-19(25)26)12-22-20(27)24-9-7-23(8-10-24)14-18-16(3)5-4-6-21-18/h4-6,15,17H,7-14H2,1-3H3,(H,22,27)/t17-/m1/s1. The van der Waals surface area contributed by atoms with Crippen LogP contribution in [-0.2, 0) is 11.3 Å². The number of hydrogen-bond donors (Lipinski definition) is 1. The Morgan fingerprint density at radius 3 is 2.67 bits per heavy atom. The Hall–Kier alpha value is -2.15. The highest BCUT2D eigenvalue weighted by atomic mass is 16.2. The fraction of sp³-hybridized carbons (Fsp3) is 0.650. The van der Waals surface area contributed by atoms with Gasteiger partial charge in [0.25, 0.3) is 0 Å². The minimum absolute atomic E-state index is 0.0147. The predicted octanol–water partition coefficient (Wildman–Crippen LogP) is 1.47. The molecular weight excluding hydrogens is 342 g/mol. The minimum Gasteiger partial charge on any atom is -0.340 e. The molecule has 1 aromatic heterocycles. The number of nitrogens with zero attached hydrogens (tertiary/aromatic N) is 4. The Labute approximate surface area is 161 Å². The van der Waals surface area contributed by atoms with Gasteiger partial charge in [0.1, 0.15) is 0 Å². The first-order valence-electron chi connectivity index (χ1n) is 9.89. The van der Waals surface area contributed by atoms with Crippen LogP contribution >= 0.6 is 0 Å². The molecule has 1 atom stereocenters. The van der Waals surface area contributed by atoms with Crippen molar-refractivity contribution in [2.75, 3.05) is 39.3 Å². The first-order valence-corrected chi connectivity index (χ1v) is 9.89. The number of carbonyl (C=O) groups excluding carboxylic acids is 2. The van der Waals surface area contributed by atoms with Gasteiger partial charge < -0.3 is 15.1 Å². The number of hydrogen-bond acceptors (Lipinski definition) is 4. The molecule has 2 fully saturated rings. The molecule has 7 nitrogen and oxygen atoms in total. The lowest BCUT2D eigenvalue weighted by Crippen LogP contribution is -2.52. The van der Waals surface area contributed by atoms with Crippen molar-refractivity contribution in [1.29, 1.82) is 0 Å². The van der Waals surface area contributed by atoms with Crippen LogP contribution in [0, 0.1) is 12.8 Å². The lowest BCUT2D eigenvalue weighted by molar-refractivity contribution is -0.129. The number of rotatable bonds is 5. The van der Waals surface area contributed by atoms with Crippen molar-refractivity contribution in [3.05, 3.63) is 29.6 Å². The Bertz CT molecular complexity index is 670. The van der Waals surface area contributed by atoms with E-state index < -0.39 is 0 Å². The molecule has 0 aromatic carbocycles. The molecule has 27 heavy (non-hydrogen) atoms. The molecule has 0 spiro atoms. The highest BCUT2D eigenvalue weighted by Gasteiger charge is 2.31. The zero-order valence-corrected chi connectivity index (χ0v) is 16.6. The van der Waals surface area contributed by atoms with Gasteiger partial charge >= 0.3 is 6.03 Å². The summed E-state index contributed by atoms with van der Waals surface area (Å²) in [4.78, 5) is 35.0. The van der Waals surface area contributed by atoms with Crippen LogP contribution in [-0.4, -0.2) is 76.9 Å². The summed E-state index contributed by atoms with van der Waals surface area (Å²) >= 11 is 0. The van der Waals surface area contributed by atoms with E-state index in [4.69, 9.17) is 0 Å². The number of urea groups is 1. The van der Waals surface area contributed by atoms with Crippen LogP contribution in [0.25, 0.3) is 0 Å². The number of piperazine rings is 1. The highest BCUT2D eigenvalue weighted by Crippen LogP contribution is 2.19. The quantitative estimate of drug-likeness (QED) is 0.849. The summed E-state index contributed by atoms with van der Waals surface area (Å²) < 4.78 is 0. The average molecular weight is 374 g/mol. The fourth-order valence-electron chi connectivity index (χ4n) is 3.79. The van der Waals surface area contributed by atoms with Gasteiger partial charge in [0.15, 0.2) is 0 Å². The number of amides is 3. The Morgan fingerprint density at radius 1 is 1.30 bits per heavy atom. The number of aryl methyl sites for hydroxylation is 1. The summed E-state index contributed by atoms with van der Waals surface area (Å²) in [6.07, 6.45) is 2.37. The number of nitrogens with one attached hydrogen (secondary N) is 1. The summed E-state index contributed by atoms with van der Waals surface area (Å²) in [5.41, 5.74) is 2.32. The average Bonchev–Trinajstić information content (AvgIpc) is 3.03. The molecule has 1 N–H and O–H groups in total. The van der Waals surface area contributed by atoms with Crippen LogP contribution in [0.2, 0.25) is 0 Å². The molecule has 0 unspecified atom stereocenters. The molecule has 2 aliphatic heterocycles. The van der Waals surface area contributed by atoms with Crippen molar-refractivity contribution < 1.29 is 9.59 Å². The largest absolute Gasteiger partial charge is 0.340 e. The zero-order valence-electron chi connectivity index (χ0n) is 16.6. The SMILES string of the molecule is Cc1cccnc1CN1CCN(C(=O)NC[C@H]2CC(=O)N(C(C)C)C2)CC1. The molecule has 0 saturated carbocycles. The van der Waals surface area contributed by atoms with Gasteiger partial charge in [0.05, 0.1) is 5.69 Å². The maximum Gasteiger partial charge on any atom is 0.317 e. The van der Waals surface area contributed by atoms with E-state index in [-0.39, 0.29) is 23.9 Å². The van der Waals surface area contributed by atoms with Gasteiger partial charge in [-0.1, -0.05) is 6.07 Å². The van der Waals surface area contributed by atoms with Crippen LogP contribution < -0.4 is 5.32 Å². The molecule has 3 heterocycles. The van der Waals surface area contributed by atoms with Gasteiger partial charge in [-0.25, -0.2) is 4.79 Å². The third-order valence-electron chi connectivity index (χ3n) is 5.55. The van der Waals surface area contributed by atoms with Crippen molar-refractivity contribution in [2.45, 2.75) is 39.8 Å². The third-order valence-corrected chi connectivity index (χ3v) is 5.55. The maximum absolute atomic E-state index is 12.5. The van der Waals surface area contributed by atoms with Crippen LogP contribution in [0.1, 0.15) is 31.5 Å². The lowest BCUT2D eigenvalue weighted by atomic mass is 10.1. The van der Waals surface area contributed by atoms with E-state index >= 15 is 0 Å². The molecule has 2 saturated heterocycles. The third kappa shape index (κ3) is 4.97. The van der Waals surface area contributed by atoms with Gasteiger partial charge in [-0.3, -0.25) is 14.7 Å². The summed E-state index contributed by atoms with van der Waals surface area (Å²) in [6, 6.07) is 4.26. The van der Waals surface area contributed by atoms with Crippen molar-refractivity contribution in [3.8, 4) is 0 Å². The van der Waals surface area contributed by atoms with Crippen LogP contribution in [0.5, 0.6) is 0 Å². The highest BCUT2D eigenvalue weighted by molar-refractivity contribution is 5.79. The van der Waals surface area contributed by atoms with Crippen molar-refractivity contribution >= 4 is 11.9 Å². The van der Waals surface area contributed by atoms with E-state index in [2.05, 4.69) is 28.2 Å². The lowest BCUT2D eigenvalue weighted by Gasteiger charge is -2.34. The second-order valence-electron chi connectivity index (χ2n) is 7.93. The normalized spacial score (nSPS) is 21.2. The molecule has 1 aromatic rings. The monoisotopic (exact) mass is 373 g/mol. The first-order chi connectivity index (χ1) is 12.9. The molecule has 3 rings (SSSR count). The predicted molar refractivity (Wildman–Crippen MR) is 104 cm³/mol. The number of pyridine rings is 1. The van der Waals surface area contributed by atoms with Crippen molar-refractivity contribution in [1.82, 2.24) is 25.0 Å². The van der Waals surface area contributed by atoms with E-state index in [9.17, 15) is 9.59 Å². The summed E-state index contributed by atoms with van der Waals surface area (Å²) in [6.45, 7) is 11.4. The summed E-state index contributed by atoms with van der Waals surface area (Å²) in [7, 11) is 0. The van der Waals surface area contributed by atoms with E-state index in [1.54, 1.807) is 0 Å². The fourth-order valence-corrected chi connectivity index (χ4v) is 3.79. The molecule has 0 bridgehead atoms. The second-order valence-corrected chi connectivity index (χ2v) is 7.93. The van der Waals surface area contributed by atoms with Crippen molar-refractivity contribution in [2.24, 2.45) is 5.92 Å². The molecular formula is C20H31N5O2. The molecule has 7 heteroatoms. The summed E-state index contributed by atoms with van der Waals surface area (Å²) in [5.74, 6) is 0.417. The molecule has 148 valence electrons. The minimum atomic E-state index is -0.0147. The van der Waals surface area contributed by atoms with Gasteiger partial charge in [0.2, 0.25) is 5.91 Å². The van der Waals surface area contributed by atoms with Crippen molar-refractivity contribution in [3.63, 3.8) is 0 Å². The Balaban J connectivity index is 1.40. The molecule has 2 aliphatic rings. The van der Waals surface area contributed by atoms with Gasteiger partial charge in [-0.2, -0.15) is 0 Å². The molecule has 3 amide bonds. The van der Waals surface area contributed by atoms with Crippen LogP contribution in [0.4, 0.5) is 4.79 Å². The second kappa shape index (κ2) is 8.69. The Morgan fingerprint density at radius 2 is 2.04 bits per heavy atom. The van der Waals surface area contributed by atoms with E-state index in [0.717, 1.165) is 45.0 Å². The van der Waals surface area contributed by atoms with Gasteiger partial charge in [0, 0.05) is 70.4 Å². The number of aromatic nitrogens is 1. The summed E-state index contributed by atoms with van der Waals surface area (Å²) in [5, 5.41) is 3.03. The van der Waals surface area contributed by atoms with Crippen LogP contribution in [0.15, 0.2) is 18.3 Å². The first kappa shape index (κ1) is 19.6. The topological polar surface area (TPSA) is 68.8 Å². The zero-order chi connectivity index (χ0) is 19.4. The maximum atomic E-state index is 12.5. The number of carbonyl (C=O) groups is 2. The van der Waals surface area contributed by atoms with E-state index in [1.165, 1.54) is 5.56 Å². The van der Waals surface area contributed by atoms with E-state index in [0.29, 0.717) is 13.0 Å². The van der Waals surface area contributed by atoms with Crippen LogP contribution in [0.3, 0.4) is 0 Å². The van der Waals surface area contributed by atoms with Gasteiger partial charge in [-0.15, -0.1) is 0 Å². The smallest absolute Gasteiger partial charge is 0.317 e. The molecule has 0 aliphatic carbocycles.